The van der Waals surface area contributed by atoms with E-state index < -0.39 is 0 Å². The van der Waals surface area contributed by atoms with Crippen molar-refractivity contribution in [1.82, 2.24) is 10.3 Å². The standard InChI is InChI=1S/C14H17N3O3S/c1-6-7(4-8(21-6)11(18)16-15)5-17-12(19)9-10(13(17)20)14(9,2)3/h4,9-10H,5,15H2,1-3H3,(H,16,18). The summed E-state index contributed by atoms with van der Waals surface area (Å²) in [6.07, 6.45) is 0. The summed E-state index contributed by atoms with van der Waals surface area (Å²) in [5.41, 5.74) is 2.71. The van der Waals surface area contributed by atoms with Crippen molar-refractivity contribution in [2.75, 3.05) is 0 Å². The van der Waals surface area contributed by atoms with E-state index in [0.717, 1.165) is 10.4 Å². The normalized spacial score (nSPS) is 26.0. The zero-order valence-corrected chi connectivity index (χ0v) is 12.9. The molecule has 0 spiro atoms. The highest BCUT2D eigenvalue weighted by atomic mass is 32.1. The summed E-state index contributed by atoms with van der Waals surface area (Å²) in [5.74, 6) is 4.22. The Labute approximate surface area is 126 Å². The van der Waals surface area contributed by atoms with Gasteiger partial charge in [0.1, 0.15) is 0 Å². The molecule has 0 bridgehead atoms. The van der Waals surface area contributed by atoms with Gasteiger partial charge in [-0.15, -0.1) is 11.3 Å². The first-order valence-corrected chi connectivity index (χ1v) is 7.56. The van der Waals surface area contributed by atoms with E-state index >= 15 is 0 Å². The van der Waals surface area contributed by atoms with Gasteiger partial charge in [0, 0.05) is 4.88 Å². The lowest BCUT2D eigenvalue weighted by molar-refractivity contribution is -0.143. The molecule has 21 heavy (non-hydrogen) atoms. The summed E-state index contributed by atoms with van der Waals surface area (Å²) in [6, 6.07) is 1.69. The number of piperidine rings is 1. The highest BCUT2D eigenvalue weighted by molar-refractivity contribution is 7.14. The zero-order valence-electron chi connectivity index (χ0n) is 12.1. The molecule has 112 valence electrons. The molecule has 2 aliphatic rings. The fraction of sp³-hybridized carbons (Fsp3) is 0.500. The number of carbonyl (C=O) groups is 3. The van der Waals surface area contributed by atoms with Crippen LogP contribution < -0.4 is 11.3 Å². The van der Waals surface area contributed by atoms with E-state index in [2.05, 4.69) is 5.43 Å². The maximum absolute atomic E-state index is 12.3. The van der Waals surface area contributed by atoms with Crippen LogP contribution in [0.3, 0.4) is 0 Å². The monoisotopic (exact) mass is 307 g/mol. The van der Waals surface area contributed by atoms with E-state index in [4.69, 9.17) is 5.84 Å². The number of aryl methyl sites for hydroxylation is 1. The minimum atomic E-state index is -0.364. The largest absolute Gasteiger partial charge is 0.289 e. The second-order valence-electron chi connectivity index (χ2n) is 6.20. The summed E-state index contributed by atoms with van der Waals surface area (Å²) >= 11 is 1.30. The molecule has 7 heteroatoms. The number of imide groups is 1. The molecule has 0 radical (unpaired) electrons. The van der Waals surface area contributed by atoms with E-state index in [9.17, 15) is 14.4 Å². The van der Waals surface area contributed by atoms with Gasteiger partial charge in [-0.25, -0.2) is 5.84 Å². The molecule has 3 rings (SSSR count). The molecule has 2 unspecified atom stereocenters. The lowest BCUT2D eigenvalue weighted by Crippen LogP contribution is -2.35. The number of thiophene rings is 1. The summed E-state index contributed by atoms with van der Waals surface area (Å²) < 4.78 is 0. The number of nitrogens with one attached hydrogen (secondary N) is 1. The van der Waals surface area contributed by atoms with Gasteiger partial charge in [0.25, 0.3) is 5.91 Å². The third kappa shape index (κ3) is 1.91. The van der Waals surface area contributed by atoms with Crippen LogP contribution in [0.25, 0.3) is 0 Å². The van der Waals surface area contributed by atoms with Gasteiger partial charge < -0.3 is 0 Å². The molecule has 3 amide bonds. The van der Waals surface area contributed by atoms with Crippen molar-refractivity contribution in [3.63, 3.8) is 0 Å². The van der Waals surface area contributed by atoms with Gasteiger partial charge >= 0.3 is 0 Å². The number of likely N-dealkylation sites (tertiary alicyclic amines) is 1. The van der Waals surface area contributed by atoms with Gasteiger partial charge in [0.2, 0.25) is 11.8 Å². The van der Waals surface area contributed by atoms with Gasteiger partial charge in [-0.2, -0.15) is 0 Å². The van der Waals surface area contributed by atoms with E-state index in [-0.39, 0.29) is 41.5 Å². The van der Waals surface area contributed by atoms with E-state index in [1.165, 1.54) is 16.2 Å². The SMILES string of the molecule is Cc1sc(C(=O)NN)cc1CN1C(=O)C2C(C1=O)C2(C)C. The van der Waals surface area contributed by atoms with Gasteiger partial charge in [0.15, 0.2) is 0 Å². The first-order chi connectivity index (χ1) is 9.78. The molecule has 0 aromatic carbocycles. The van der Waals surface area contributed by atoms with Crippen molar-refractivity contribution >= 4 is 29.1 Å². The summed E-state index contributed by atoms with van der Waals surface area (Å²) in [4.78, 5) is 38.8. The second kappa shape index (κ2) is 4.38. The van der Waals surface area contributed by atoms with Crippen LogP contribution in [0.15, 0.2) is 6.07 Å². The van der Waals surface area contributed by atoms with Gasteiger partial charge in [-0.3, -0.25) is 24.7 Å². The predicted octanol–water partition coefficient (Wildman–Crippen LogP) is 0.801. The van der Waals surface area contributed by atoms with Crippen molar-refractivity contribution in [2.45, 2.75) is 27.3 Å². The highest BCUT2D eigenvalue weighted by Gasteiger charge is 2.72. The third-order valence-corrected chi connectivity index (χ3v) is 5.69. The summed E-state index contributed by atoms with van der Waals surface area (Å²) in [5, 5.41) is 0. The number of hydrogen-bond acceptors (Lipinski definition) is 5. The Balaban J connectivity index is 1.80. The van der Waals surface area contributed by atoms with Crippen molar-refractivity contribution < 1.29 is 14.4 Å². The number of amides is 3. The third-order valence-electron chi connectivity index (χ3n) is 4.60. The van der Waals surface area contributed by atoms with Crippen molar-refractivity contribution in [3.8, 4) is 0 Å². The maximum atomic E-state index is 12.3. The fourth-order valence-electron chi connectivity index (χ4n) is 3.19. The van der Waals surface area contributed by atoms with Gasteiger partial charge in [0.05, 0.1) is 23.3 Å². The quantitative estimate of drug-likeness (QED) is 0.374. The molecule has 1 aromatic rings. The lowest BCUT2D eigenvalue weighted by atomic mass is 10.1. The molecular weight excluding hydrogens is 290 g/mol. The minimum absolute atomic E-state index is 0.0922. The first kappa shape index (κ1) is 14.2. The van der Waals surface area contributed by atoms with Crippen LogP contribution in [0.5, 0.6) is 0 Å². The lowest BCUT2D eigenvalue weighted by Gasteiger charge is -2.20. The Hall–Kier alpha value is -1.73. The van der Waals surface area contributed by atoms with Gasteiger partial charge in [-0.1, -0.05) is 13.8 Å². The fourth-order valence-corrected chi connectivity index (χ4v) is 4.13. The second-order valence-corrected chi connectivity index (χ2v) is 7.46. The van der Waals surface area contributed by atoms with Crippen LogP contribution in [-0.4, -0.2) is 22.6 Å². The number of hydrogen-bond donors (Lipinski definition) is 2. The average Bonchev–Trinajstić information content (AvgIpc) is 2.67. The predicted molar refractivity (Wildman–Crippen MR) is 77.0 cm³/mol. The molecule has 3 N–H and O–H groups in total. The number of nitrogens with zero attached hydrogens (tertiary/aromatic N) is 1. The highest BCUT2D eigenvalue weighted by Crippen LogP contribution is 2.63. The Morgan fingerprint density at radius 2 is 1.95 bits per heavy atom. The van der Waals surface area contributed by atoms with E-state index in [1.54, 1.807) is 6.07 Å². The molecule has 6 nitrogen and oxygen atoms in total. The molecule has 1 aliphatic carbocycles. The van der Waals surface area contributed by atoms with Crippen LogP contribution in [0.1, 0.15) is 34.0 Å². The zero-order chi connectivity index (χ0) is 15.5. The molecule has 1 aliphatic heterocycles. The van der Waals surface area contributed by atoms with Crippen LogP contribution in [0.2, 0.25) is 0 Å². The van der Waals surface area contributed by atoms with Crippen LogP contribution in [0.4, 0.5) is 0 Å². The van der Waals surface area contributed by atoms with E-state index in [1.807, 2.05) is 20.8 Å². The molecule has 2 heterocycles. The summed E-state index contributed by atoms with van der Waals surface area (Å²) in [6.45, 7) is 6.01. The Morgan fingerprint density at radius 3 is 2.48 bits per heavy atom. The number of fused-ring (bicyclic) bond motifs is 1. The Kier molecular flexibility index (Phi) is 2.97. The molecule has 2 atom stereocenters. The first-order valence-electron chi connectivity index (χ1n) is 6.74. The van der Waals surface area contributed by atoms with Crippen LogP contribution in [-0.2, 0) is 16.1 Å². The molecular formula is C14H17N3O3S. The number of hydrazine groups is 1. The van der Waals surface area contributed by atoms with Crippen LogP contribution in [0, 0.1) is 24.2 Å². The molecule has 1 saturated carbocycles. The number of nitrogens with two attached hydrogens (primary N) is 1. The molecule has 1 saturated heterocycles. The Morgan fingerprint density at radius 1 is 1.38 bits per heavy atom. The average molecular weight is 307 g/mol. The number of rotatable bonds is 3. The maximum Gasteiger partial charge on any atom is 0.275 e. The van der Waals surface area contributed by atoms with Crippen molar-refractivity contribution in [1.29, 1.82) is 0 Å². The number of carbonyl (C=O) groups excluding carboxylic acids is 3. The van der Waals surface area contributed by atoms with Gasteiger partial charge in [-0.05, 0) is 24.0 Å². The minimum Gasteiger partial charge on any atom is -0.289 e. The van der Waals surface area contributed by atoms with Crippen LogP contribution >= 0.6 is 11.3 Å². The smallest absolute Gasteiger partial charge is 0.275 e. The van der Waals surface area contributed by atoms with E-state index in [0.29, 0.717) is 4.88 Å². The topological polar surface area (TPSA) is 92.5 Å². The van der Waals surface area contributed by atoms with Crippen molar-refractivity contribution in [3.05, 3.63) is 21.4 Å². The van der Waals surface area contributed by atoms with Crippen molar-refractivity contribution in [2.24, 2.45) is 23.1 Å². The molecule has 2 fully saturated rings. The summed E-state index contributed by atoms with van der Waals surface area (Å²) in [7, 11) is 0. The Bertz CT molecular complexity index is 640. The molecule has 1 aromatic heterocycles. The number of nitrogen functional groups attached to an aromatic ring is 1.